The molecular weight excluding hydrogens is 360 g/mol. The molecule has 144 valence electrons. The summed E-state index contributed by atoms with van der Waals surface area (Å²) < 4.78 is 5.29. The van der Waals surface area contributed by atoms with Crippen LogP contribution in [-0.2, 0) is 9.59 Å². The van der Waals surface area contributed by atoms with Gasteiger partial charge in [-0.1, -0.05) is 6.42 Å². The first kappa shape index (κ1) is 21.7. The van der Waals surface area contributed by atoms with Crippen molar-refractivity contribution in [3.8, 4) is 5.75 Å². The first-order valence-electron chi connectivity index (χ1n) is 8.34. The van der Waals surface area contributed by atoms with Gasteiger partial charge in [-0.2, -0.15) is 0 Å². The largest absolute Gasteiger partial charge is 0.495 e. The maximum absolute atomic E-state index is 12.1. The van der Waals surface area contributed by atoms with E-state index < -0.39 is 6.03 Å². The van der Waals surface area contributed by atoms with Crippen molar-refractivity contribution in [2.75, 3.05) is 30.4 Å². The molecule has 4 amide bonds. The average molecular weight is 385 g/mol. The van der Waals surface area contributed by atoms with Gasteiger partial charge in [0.05, 0.1) is 12.8 Å². The van der Waals surface area contributed by atoms with Crippen molar-refractivity contribution in [3.63, 3.8) is 0 Å². The van der Waals surface area contributed by atoms with Crippen LogP contribution in [0.4, 0.5) is 16.2 Å². The van der Waals surface area contributed by atoms with Gasteiger partial charge >= 0.3 is 6.03 Å². The number of amides is 4. The maximum atomic E-state index is 12.1. The van der Waals surface area contributed by atoms with Crippen molar-refractivity contribution >= 4 is 41.6 Å². The summed E-state index contributed by atoms with van der Waals surface area (Å²) in [6.45, 7) is 0.890. The first-order valence-corrected chi connectivity index (χ1v) is 8.34. The summed E-state index contributed by atoms with van der Waals surface area (Å²) in [6, 6.07) is 4.57. The van der Waals surface area contributed by atoms with Gasteiger partial charge in [0.1, 0.15) is 5.75 Å². The molecule has 0 radical (unpaired) electrons. The van der Waals surface area contributed by atoms with Crippen molar-refractivity contribution < 1.29 is 19.1 Å². The smallest absolute Gasteiger partial charge is 0.328 e. The van der Waals surface area contributed by atoms with Crippen LogP contribution in [0.15, 0.2) is 18.2 Å². The van der Waals surface area contributed by atoms with Crippen LogP contribution in [0.5, 0.6) is 5.75 Å². The lowest BCUT2D eigenvalue weighted by Crippen LogP contribution is -2.49. The van der Waals surface area contributed by atoms with Crippen LogP contribution in [0.3, 0.4) is 0 Å². The number of urea groups is 1. The van der Waals surface area contributed by atoms with Gasteiger partial charge < -0.3 is 15.8 Å². The fourth-order valence-corrected chi connectivity index (χ4v) is 2.60. The molecule has 1 fully saturated rings. The number of ether oxygens (including phenoxy) is 1. The van der Waals surface area contributed by atoms with Gasteiger partial charge in [-0.05, 0) is 37.6 Å². The van der Waals surface area contributed by atoms with E-state index in [-0.39, 0.29) is 37.2 Å². The summed E-state index contributed by atoms with van der Waals surface area (Å²) in [4.78, 5) is 36.8. The molecule has 0 saturated carbocycles. The number of carbonyl (C=O) groups excluding carboxylic acids is 3. The third-order valence-electron chi connectivity index (χ3n) is 3.92. The van der Waals surface area contributed by atoms with Crippen molar-refractivity contribution in [1.82, 2.24) is 5.32 Å². The topological polar surface area (TPSA) is 114 Å². The monoisotopic (exact) mass is 384 g/mol. The predicted molar refractivity (Wildman–Crippen MR) is 102 cm³/mol. The number of methoxy groups -OCH3 is 1. The number of benzene rings is 1. The van der Waals surface area contributed by atoms with Crippen LogP contribution in [0, 0.1) is 0 Å². The van der Waals surface area contributed by atoms with Gasteiger partial charge in [0.25, 0.3) is 0 Å². The Kier molecular flexibility index (Phi) is 8.87. The summed E-state index contributed by atoms with van der Waals surface area (Å²) in [5.41, 5.74) is 6.51. The fraction of sp³-hybridized carbons (Fsp3) is 0.471. The van der Waals surface area contributed by atoms with Crippen molar-refractivity contribution in [3.05, 3.63) is 18.2 Å². The van der Waals surface area contributed by atoms with Crippen LogP contribution in [-0.4, -0.2) is 38.0 Å². The molecule has 1 aromatic rings. The van der Waals surface area contributed by atoms with E-state index in [1.165, 1.54) is 12.0 Å². The van der Waals surface area contributed by atoms with Crippen LogP contribution in [0.25, 0.3) is 0 Å². The molecule has 8 nitrogen and oxygen atoms in total. The Bertz CT molecular complexity index is 654. The van der Waals surface area contributed by atoms with Crippen LogP contribution < -0.4 is 26.0 Å². The Labute approximate surface area is 158 Å². The predicted octanol–water partition coefficient (Wildman–Crippen LogP) is 2.02. The molecule has 1 aliphatic heterocycles. The molecule has 1 heterocycles. The molecule has 0 aromatic heterocycles. The highest BCUT2D eigenvalue weighted by molar-refractivity contribution is 6.06. The third kappa shape index (κ3) is 5.89. The van der Waals surface area contributed by atoms with Gasteiger partial charge in [0.15, 0.2) is 0 Å². The molecule has 0 unspecified atom stereocenters. The van der Waals surface area contributed by atoms with E-state index in [2.05, 4.69) is 10.6 Å². The van der Waals surface area contributed by atoms with Crippen LogP contribution >= 0.6 is 12.4 Å². The quantitative estimate of drug-likeness (QED) is 0.593. The molecule has 26 heavy (non-hydrogen) atoms. The third-order valence-corrected chi connectivity index (χ3v) is 3.92. The van der Waals surface area contributed by atoms with E-state index in [0.717, 1.165) is 19.3 Å². The zero-order valence-electron chi connectivity index (χ0n) is 14.7. The van der Waals surface area contributed by atoms with E-state index in [9.17, 15) is 14.4 Å². The Hall–Kier alpha value is -2.32. The maximum Gasteiger partial charge on any atom is 0.328 e. The molecule has 4 N–H and O–H groups in total. The minimum Gasteiger partial charge on any atom is -0.495 e. The zero-order chi connectivity index (χ0) is 18.2. The number of halogens is 1. The van der Waals surface area contributed by atoms with E-state index in [1.807, 2.05) is 0 Å². The second-order valence-electron chi connectivity index (χ2n) is 5.79. The lowest BCUT2D eigenvalue weighted by atomic mass is 10.1. The molecule has 1 saturated heterocycles. The molecule has 0 aliphatic carbocycles. The number of unbranched alkanes of at least 4 members (excludes halogenated alkanes) is 2. The highest BCUT2D eigenvalue weighted by Crippen LogP contribution is 2.32. The van der Waals surface area contributed by atoms with E-state index >= 15 is 0 Å². The summed E-state index contributed by atoms with van der Waals surface area (Å²) in [5, 5.41) is 5.10. The Balaban J connectivity index is 0.00000338. The molecule has 0 bridgehead atoms. The summed E-state index contributed by atoms with van der Waals surface area (Å²) in [5.74, 6) is 0.0963. The minimum absolute atomic E-state index is 0. The Morgan fingerprint density at radius 2 is 2.08 bits per heavy atom. The van der Waals surface area contributed by atoms with Crippen molar-refractivity contribution in [1.29, 1.82) is 0 Å². The number of hydrogen-bond donors (Lipinski definition) is 3. The molecular formula is C17H25ClN4O4. The number of nitrogens with one attached hydrogen (secondary N) is 2. The number of nitrogens with zero attached hydrogens (tertiary/aromatic N) is 1. The van der Waals surface area contributed by atoms with Gasteiger partial charge in [0.2, 0.25) is 11.8 Å². The number of nitrogens with two attached hydrogens (primary N) is 1. The molecule has 0 atom stereocenters. The van der Waals surface area contributed by atoms with Crippen molar-refractivity contribution in [2.24, 2.45) is 5.73 Å². The Morgan fingerprint density at radius 3 is 2.73 bits per heavy atom. The molecule has 9 heteroatoms. The minimum atomic E-state index is -0.500. The van der Waals surface area contributed by atoms with E-state index in [1.54, 1.807) is 18.2 Å². The fourth-order valence-electron chi connectivity index (χ4n) is 2.60. The van der Waals surface area contributed by atoms with Gasteiger partial charge in [-0.15, -0.1) is 12.4 Å². The number of imide groups is 1. The SMILES string of the molecule is COc1ccc(NC(=O)CCCCCN)cc1N1CCC(=O)NC1=O.Cl. The highest BCUT2D eigenvalue weighted by Gasteiger charge is 2.26. The second kappa shape index (κ2) is 10.6. The number of hydrogen-bond acceptors (Lipinski definition) is 5. The van der Waals surface area contributed by atoms with Gasteiger partial charge in [0, 0.05) is 25.1 Å². The second-order valence-corrected chi connectivity index (χ2v) is 5.79. The molecule has 1 aromatic carbocycles. The first-order chi connectivity index (χ1) is 12.0. The molecule has 2 rings (SSSR count). The summed E-state index contributed by atoms with van der Waals surface area (Å²) in [7, 11) is 1.50. The number of anilines is 2. The van der Waals surface area contributed by atoms with Crippen LogP contribution in [0.1, 0.15) is 32.1 Å². The summed E-state index contributed by atoms with van der Waals surface area (Å²) in [6.07, 6.45) is 3.23. The zero-order valence-corrected chi connectivity index (χ0v) is 15.6. The highest BCUT2D eigenvalue weighted by atomic mass is 35.5. The van der Waals surface area contributed by atoms with Gasteiger partial charge in [-0.25, -0.2) is 4.79 Å². The Morgan fingerprint density at radius 1 is 1.31 bits per heavy atom. The molecule has 0 spiro atoms. The normalized spacial score (nSPS) is 13.7. The lowest BCUT2D eigenvalue weighted by molar-refractivity contribution is -0.120. The average Bonchev–Trinajstić information content (AvgIpc) is 2.59. The lowest BCUT2D eigenvalue weighted by Gasteiger charge is -2.28. The number of rotatable bonds is 8. The van der Waals surface area contributed by atoms with E-state index in [4.69, 9.17) is 10.5 Å². The summed E-state index contributed by atoms with van der Waals surface area (Å²) >= 11 is 0. The van der Waals surface area contributed by atoms with Crippen molar-refractivity contribution in [2.45, 2.75) is 32.1 Å². The number of carbonyl (C=O) groups is 3. The van der Waals surface area contributed by atoms with Crippen LogP contribution in [0.2, 0.25) is 0 Å². The molecule has 1 aliphatic rings. The van der Waals surface area contributed by atoms with E-state index in [0.29, 0.717) is 30.1 Å². The standard InChI is InChI=1S/C17H24N4O4.ClH/c1-25-14-7-6-12(19-15(22)5-3-2-4-9-18)11-13(14)21-10-8-16(23)20-17(21)24;/h6-7,11H,2-5,8-10,18H2,1H3,(H,19,22)(H,20,23,24);1H. The van der Waals surface area contributed by atoms with Gasteiger partial charge in [-0.3, -0.25) is 19.8 Å².